The monoisotopic (exact) mass is 188 g/mol. The Balaban J connectivity index is 0.00000121. The van der Waals surface area contributed by atoms with Crippen LogP contribution in [0.5, 0.6) is 0 Å². The average Bonchev–Trinajstić information content (AvgIpc) is 1.97. The highest BCUT2D eigenvalue weighted by molar-refractivity contribution is 5.85. The quantitative estimate of drug-likeness (QED) is 0.634. The van der Waals surface area contributed by atoms with E-state index < -0.39 is 5.54 Å². The molecule has 2 N–H and O–H groups in total. The van der Waals surface area contributed by atoms with Crippen LogP contribution in [0.25, 0.3) is 0 Å². The fourth-order valence-electron chi connectivity index (χ4n) is 1.48. The van der Waals surface area contributed by atoms with Crippen LogP contribution < -0.4 is 5.73 Å². The molecule has 0 aromatic rings. The van der Waals surface area contributed by atoms with Gasteiger partial charge in [0.05, 0.1) is 6.07 Å². The minimum atomic E-state index is -0.518. The van der Waals surface area contributed by atoms with Crippen molar-refractivity contribution in [3.8, 4) is 6.07 Å². The summed E-state index contributed by atoms with van der Waals surface area (Å²) < 4.78 is 0. The van der Waals surface area contributed by atoms with E-state index in [9.17, 15) is 0 Å². The number of hydrogen-bond donors (Lipinski definition) is 1. The zero-order valence-corrected chi connectivity index (χ0v) is 8.58. The van der Waals surface area contributed by atoms with Gasteiger partial charge in [-0.3, -0.25) is 0 Å². The van der Waals surface area contributed by atoms with Crippen LogP contribution in [0.2, 0.25) is 0 Å². The van der Waals surface area contributed by atoms with Gasteiger partial charge in [0.1, 0.15) is 5.54 Å². The van der Waals surface area contributed by atoms with Crippen LogP contribution in [-0.2, 0) is 0 Å². The maximum Gasteiger partial charge on any atom is 0.104 e. The summed E-state index contributed by atoms with van der Waals surface area (Å²) in [5.74, 6) is 0. The van der Waals surface area contributed by atoms with Gasteiger partial charge in [0, 0.05) is 0 Å². The number of hydrogen-bond acceptors (Lipinski definition) is 2. The van der Waals surface area contributed by atoms with Crippen molar-refractivity contribution in [1.82, 2.24) is 0 Å². The molecule has 2 nitrogen and oxygen atoms in total. The molecular weight excluding hydrogens is 172 g/mol. The SMILES string of the molecule is CC1(C)CCC(N)(C#N)CC1.Cl. The second-order valence-corrected chi connectivity index (χ2v) is 4.43. The van der Waals surface area contributed by atoms with Crippen molar-refractivity contribution in [2.75, 3.05) is 0 Å². The first-order valence-electron chi connectivity index (χ1n) is 4.18. The van der Waals surface area contributed by atoms with Gasteiger partial charge in [0.15, 0.2) is 0 Å². The lowest BCUT2D eigenvalue weighted by molar-refractivity contribution is 0.196. The van der Waals surface area contributed by atoms with Gasteiger partial charge in [0.2, 0.25) is 0 Å². The van der Waals surface area contributed by atoms with E-state index in [2.05, 4.69) is 19.9 Å². The van der Waals surface area contributed by atoms with Crippen LogP contribution in [0.3, 0.4) is 0 Å². The maximum absolute atomic E-state index is 8.75. The Labute approximate surface area is 80.5 Å². The molecule has 12 heavy (non-hydrogen) atoms. The third-order valence-electron chi connectivity index (χ3n) is 2.72. The Morgan fingerprint density at radius 2 is 1.58 bits per heavy atom. The van der Waals surface area contributed by atoms with Crippen LogP contribution in [0.15, 0.2) is 0 Å². The van der Waals surface area contributed by atoms with Crippen LogP contribution in [0.1, 0.15) is 39.5 Å². The third kappa shape index (κ3) is 2.66. The number of nitriles is 1. The zero-order chi connectivity index (χ0) is 8.54. The lowest BCUT2D eigenvalue weighted by Gasteiger charge is -2.36. The molecule has 3 heteroatoms. The van der Waals surface area contributed by atoms with Crippen LogP contribution in [-0.4, -0.2) is 5.54 Å². The highest BCUT2D eigenvalue weighted by Crippen LogP contribution is 2.38. The second-order valence-electron chi connectivity index (χ2n) is 4.43. The predicted octanol–water partition coefficient (Wildman–Crippen LogP) is 2.23. The normalized spacial score (nSPS) is 25.2. The number of nitrogens with zero attached hydrogens (tertiary/aromatic N) is 1. The van der Waals surface area contributed by atoms with Gasteiger partial charge >= 0.3 is 0 Å². The van der Waals surface area contributed by atoms with Gasteiger partial charge in [-0.1, -0.05) is 13.8 Å². The summed E-state index contributed by atoms with van der Waals surface area (Å²) in [6, 6.07) is 2.20. The molecule has 0 aromatic carbocycles. The van der Waals surface area contributed by atoms with Gasteiger partial charge in [-0.25, -0.2) is 0 Å². The van der Waals surface area contributed by atoms with Crippen molar-refractivity contribution >= 4 is 12.4 Å². The molecule has 1 rings (SSSR count). The van der Waals surface area contributed by atoms with Crippen molar-refractivity contribution in [2.45, 2.75) is 45.1 Å². The highest BCUT2D eigenvalue weighted by Gasteiger charge is 2.35. The molecule has 70 valence electrons. The van der Waals surface area contributed by atoms with Crippen molar-refractivity contribution in [3.63, 3.8) is 0 Å². The summed E-state index contributed by atoms with van der Waals surface area (Å²) >= 11 is 0. The number of nitrogens with two attached hydrogens (primary N) is 1. The molecular formula is C9H17ClN2. The average molecular weight is 189 g/mol. The number of halogens is 1. The maximum atomic E-state index is 8.75. The Bertz CT molecular complexity index is 183. The Morgan fingerprint density at radius 3 is 1.92 bits per heavy atom. The van der Waals surface area contributed by atoms with E-state index in [1.807, 2.05) is 0 Å². The standard InChI is InChI=1S/C9H16N2.ClH/c1-8(2)3-5-9(11,7-10)6-4-8;/h3-6,11H2,1-2H3;1H. The van der Waals surface area contributed by atoms with E-state index in [0.717, 1.165) is 25.7 Å². The smallest absolute Gasteiger partial charge is 0.104 e. The fourth-order valence-corrected chi connectivity index (χ4v) is 1.48. The summed E-state index contributed by atoms with van der Waals surface area (Å²) in [5.41, 5.74) is 5.70. The Kier molecular flexibility index (Phi) is 3.56. The topological polar surface area (TPSA) is 49.8 Å². The van der Waals surface area contributed by atoms with E-state index in [1.165, 1.54) is 0 Å². The molecule has 0 bridgehead atoms. The molecule has 0 amide bonds. The van der Waals surface area contributed by atoms with E-state index in [1.54, 1.807) is 0 Å². The Hall–Kier alpha value is -0.260. The van der Waals surface area contributed by atoms with Gasteiger partial charge in [0.25, 0.3) is 0 Å². The van der Waals surface area contributed by atoms with Gasteiger partial charge in [-0.2, -0.15) is 5.26 Å². The van der Waals surface area contributed by atoms with Crippen LogP contribution in [0, 0.1) is 16.7 Å². The third-order valence-corrected chi connectivity index (χ3v) is 2.72. The van der Waals surface area contributed by atoms with Crippen molar-refractivity contribution < 1.29 is 0 Å². The lowest BCUT2D eigenvalue weighted by atomic mass is 9.70. The molecule has 0 heterocycles. The van der Waals surface area contributed by atoms with Gasteiger partial charge in [-0.05, 0) is 31.1 Å². The molecule has 0 spiro atoms. The molecule has 0 aliphatic heterocycles. The molecule has 0 saturated heterocycles. The minimum Gasteiger partial charge on any atom is -0.313 e. The van der Waals surface area contributed by atoms with E-state index >= 15 is 0 Å². The van der Waals surface area contributed by atoms with E-state index in [0.29, 0.717) is 5.41 Å². The first-order valence-corrected chi connectivity index (χ1v) is 4.18. The van der Waals surface area contributed by atoms with Crippen molar-refractivity contribution in [2.24, 2.45) is 11.1 Å². The summed E-state index contributed by atoms with van der Waals surface area (Å²) in [4.78, 5) is 0. The zero-order valence-electron chi connectivity index (χ0n) is 7.76. The summed E-state index contributed by atoms with van der Waals surface area (Å²) in [6.07, 6.45) is 3.88. The molecule has 1 saturated carbocycles. The van der Waals surface area contributed by atoms with E-state index in [-0.39, 0.29) is 12.4 Å². The largest absolute Gasteiger partial charge is 0.313 e. The molecule has 1 aliphatic rings. The minimum absolute atomic E-state index is 0. The molecule has 1 fully saturated rings. The second kappa shape index (κ2) is 3.64. The number of rotatable bonds is 0. The molecule has 0 aromatic heterocycles. The van der Waals surface area contributed by atoms with Gasteiger partial charge in [-0.15, -0.1) is 12.4 Å². The van der Waals surface area contributed by atoms with Crippen molar-refractivity contribution in [1.29, 1.82) is 5.26 Å². The van der Waals surface area contributed by atoms with E-state index in [4.69, 9.17) is 11.0 Å². The summed E-state index contributed by atoms with van der Waals surface area (Å²) in [7, 11) is 0. The molecule has 1 aliphatic carbocycles. The summed E-state index contributed by atoms with van der Waals surface area (Å²) in [6.45, 7) is 4.48. The fraction of sp³-hybridized carbons (Fsp3) is 0.889. The predicted molar refractivity (Wildman–Crippen MR) is 52.0 cm³/mol. The first-order chi connectivity index (χ1) is 4.97. The molecule has 0 unspecified atom stereocenters. The molecule has 0 atom stereocenters. The molecule has 0 radical (unpaired) electrons. The summed E-state index contributed by atoms with van der Waals surface area (Å²) in [5, 5.41) is 8.75. The van der Waals surface area contributed by atoms with Crippen molar-refractivity contribution in [3.05, 3.63) is 0 Å². The van der Waals surface area contributed by atoms with Crippen LogP contribution in [0.4, 0.5) is 0 Å². The highest BCUT2D eigenvalue weighted by atomic mass is 35.5. The Morgan fingerprint density at radius 1 is 1.17 bits per heavy atom. The van der Waals surface area contributed by atoms with Crippen LogP contribution >= 0.6 is 12.4 Å². The van der Waals surface area contributed by atoms with Gasteiger partial charge < -0.3 is 5.73 Å². The first kappa shape index (κ1) is 11.7. The lowest BCUT2D eigenvalue weighted by Crippen LogP contribution is -2.43.